The lowest BCUT2D eigenvalue weighted by molar-refractivity contribution is 0.179. The zero-order chi connectivity index (χ0) is 21.6. The summed E-state index contributed by atoms with van der Waals surface area (Å²) in [5.74, 6) is 0.913. The fourth-order valence-corrected chi connectivity index (χ4v) is 4.81. The summed E-state index contributed by atoms with van der Waals surface area (Å²) in [5, 5.41) is 5.03. The van der Waals surface area contributed by atoms with Crippen molar-refractivity contribution < 1.29 is 14.0 Å². The second kappa shape index (κ2) is 10.3. The van der Waals surface area contributed by atoms with E-state index in [1.54, 1.807) is 36.6 Å². The van der Waals surface area contributed by atoms with Gasteiger partial charge in [0.2, 0.25) is 0 Å². The number of aromatic nitrogens is 3. The number of methoxy groups -OCH3 is 1. The van der Waals surface area contributed by atoms with Gasteiger partial charge in [-0.1, -0.05) is 42.1 Å². The summed E-state index contributed by atoms with van der Waals surface area (Å²) < 4.78 is 15.8. The molecular weight excluding hydrogens is 438 g/mol. The van der Waals surface area contributed by atoms with Gasteiger partial charge in [-0.05, 0) is 43.0 Å². The van der Waals surface area contributed by atoms with Crippen LogP contribution in [-0.4, -0.2) is 22.2 Å². The molecule has 1 fully saturated rings. The number of nitrogens with zero attached hydrogens (tertiary/aromatic N) is 2. The maximum atomic E-state index is 11.2. The minimum Gasteiger partial charge on any atom is -0.488 e. The van der Waals surface area contributed by atoms with Crippen LogP contribution in [0.4, 0.5) is 0 Å². The lowest BCUT2D eigenvalue weighted by atomic mass is 9.89. The van der Waals surface area contributed by atoms with Crippen LogP contribution in [0, 0.1) is 5.92 Å². The Kier molecular flexibility index (Phi) is 7.21. The van der Waals surface area contributed by atoms with E-state index in [-0.39, 0.29) is 5.82 Å². The van der Waals surface area contributed by atoms with Crippen LogP contribution < -0.4 is 10.5 Å². The van der Waals surface area contributed by atoms with Crippen molar-refractivity contribution in [3.05, 3.63) is 55.4 Å². The molecule has 164 valence electrons. The number of ether oxygens (including phenoxy) is 2. The van der Waals surface area contributed by atoms with Crippen LogP contribution >= 0.6 is 22.9 Å². The lowest BCUT2D eigenvalue weighted by Gasteiger charge is -2.17. The number of allylic oxidation sites excluding steroid dienone is 1. The number of rotatable bonds is 8. The molecule has 1 aliphatic carbocycles. The predicted octanol–water partition coefficient (Wildman–Crippen LogP) is 5.46. The maximum absolute atomic E-state index is 11.2. The zero-order valence-electron chi connectivity index (χ0n) is 17.2. The highest BCUT2D eigenvalue weighted by Gasteiger charge is 2.14. The minimum atomic E-state index is -0.629. The van der Waals surface area contributed by atoms with Gasteiger partial charge in [0.1, 0.15) is 17.4 Å². The maximum Gasteiger partial charge on any atom is 0.439 e. The summed E-state index contributed by atoms with van der Waals surface area (Å²) in [4.78, 5) is 19.4. The molecular formula is C22H24ClN3O4S. The topological polar surface area (TPSA) is 90.2 Å². The van der Waals surface area contributed by atoms with Gasteiger partial charge in [-0.2, -0.15) is 0 Å². The monoisotopic (exact) mass is 461 g/mol. The van der Waals surface area contributed by atoms with E-state index >= 15 is 0 Å². The minimum absolute atomic E-state index is 0.279. The SMILES string of the molecule is COCc1nc(C=CC2CCCCC2)sc1COc1ccc(-c2noc(=O)[nH]2)c(Cl)c1. The highest BCUT2D eigenvalue weighted by atomic mass is 35.5. The molecule has 1 aromatic carbocycles. The zero-order valence-corrected chi connectivity index (χ0v) is 18.8. The smallest absolute Gasteiger partial charge is 0.439 e. The van der Waals surface area contributed by atoms with E-state index in [0.717, 1.165) is 15.6 Å². The highest BCUT2D eigenvalue weighted by molar-refractivity contribution is 7.12. The van der Waals surface area contributed by atoms with Gasteiger partial charge in [-0.3, -0.25) is 9.51 Å². The molecule has 4 rings (SSSR count). The van der Waals surface area contributed by atoms with E-state index < -0.39 is 5.76 Å². The number of thiazole rings is 1. The van der Waals surface area contributed by atoms with Gasteiger partial charge in [-0.15, -0.1) is 11.3 Å². The lowest BCUT2D eigenvalue weighted by Crippen LogP contribution is -2.02. The molecule has 2 aromatic heterocycles. The third-order valence-corrected chi connectivity index (χ3v) is 6.59. The van der Waals surface area contributed by atoms with E-state index in [1.807, 2.05) is 0 Å². The molecule has 0 saturated heterocycles. The van der Waals surface area contributed by atoms with Crippen molar-refractivity contribution in [2.24, 2.45) is 5.92 Å². The first-order valence-corrected chi connectivity index (χ1v) is 11.5. The van der Waals surface area contributed by atoms with Crippen LogP contribution in [0.25, 0.3) is 17.5 Å². The summed E-state index contributed by atoms with van der Waals surface area (Å²) >= 11 is 7.95. The van der Waals surface area contributed by atoms with Crippen molar-refractivity contribution in [2.75, 3.05) is 7.11 Å². The molecule has 0 spiro atoms. The van der Waals surface area contributed by atoms with Gasteiger partial charge in [0.15, 0.2) is 5.82 Å². The van der Waals surface area contributed by atoms with Crippen molar-refractivity contribution >= 4 is 29.0 Å². The van der Waals surface area contributed by atoms with E-state index in [9.17, 15) is 4.79 Å². The first-order chi connectivity index (χ1) is 15.1. The van der Waals surface area contributed by atoms with Crippen LogP contribution in [0.15, 0.2) is 33.6 Å². The quantitative estimate of drug-likeness (QED) is 0.479. The Morgan fingerprint density at radius 3 is 2.84 bits per heavy atom. The Labute approximate surface area is 189 Å². The van der Waals surface area contributed by atoms with Gasteiger partial charge in [0.25, 0.3) is 0 Å². The molecule has 2 heterocycles. The Bertz CT molecular complexity index is 1100. The Morgan fingerprint density at radius 1 is 1.29 bits per heavy atom. The van der Waals surface area contributed by atoms with E-state index in [1.165, 1.54) is 32.1 Å². The summed E-state index contributed by atoms with van der Waals surface area (Å²) in [7, 11) is 1.66. The summed E-state index contributed by atoms with van der Waals surface area (Å²) in [5.41, 5.74) is 1.45. The molecule has 1 N–H and O–H groups in total. The molecule has 31 heavy (non-hydrogen) atoms. The van der Waals surface area contributed by atoms with Crippen LogP contribution in [0.5, 0.6) is 5.75 Å². The van der Waals surface area contributed by atoms with Crippen LogP contribution in [0.3, 0.4) is 0 Å². The Hall–Kier alpha value is -2.42. The highest BCUT2D eigenvalue weighted by Crippen LogP contribution is 2.31. The molecule has 1 aliphatic rings. The number of hydrogen-bond acceptors (Lipinski definition) is 7. The third-order valence-electron chi connectivity index (χ3n) is 5.24. The van der Waals surface area contributed by atoms with Crippen molar-refractivity contribution in [3.8, 4) is 17.1 Å². The summed E-state index contributed by atoms with van der Waals surface area (Å²) in [6.45, 7) is 0.801. The average molecular weight is 462 g/mol. The number of halogens is 1. The number of hydrogen-bond donors (Lipinski definition) is 1. The molecule has 3 aromatic rings. The van der Waals surface area contributed by atoms with Crippen molar-refractivity contribution in [2.45, 2.75) is 45.3 Å². The standard InChI is InChI=1S/C22H24ClN3O4S/c1-28-12-18-19(31-20(24-18)10-7-14-5-3-2-4-6-14)13-29-15-8-9-16(17(23)11-15)21-25-22(27)30-26-21/h7-11,14H,2-6,12-13H2,1H3,(H,25,26,27). The largest absolute Gasteiger partial charge is 0.488 e. The molecule has 0 atom stereocenters. The average Bonchev–Trinajstić information content (AvgIpc) is 3.38. The molecule has 0 aliphatic heterocycles. The van der Waals surface area contributed by atoms with E-state index in [2.05, 4.69) is 26.8 Å². The molecule has 0 radical (unpaired) electrons. The first kappa shape index (κ1) is 21.8. The van der Waals surface area contributed by atoms with Crippen LogP contribution in [0.2, 0.25) is 5.02 Å². The van der Waals surface area contributed by atoms with Crippen molar-refractivity contribution in [1.29, 1.82) is 0 Å². The molecule has 0 bridgehead atoms. The van der Waals surface area contributed by atoms with Gasteiger partial charge in [0.05, 0.1) is 22.2 Å². The molecule has 9 heteroatoms. The van der Waals surface area contributed by atoms with E-state index in [4.69, 9.17) is 26.1 Å². The molecule has 7 nitrogen and oxygen atoms in total. The Morgan fingerprint density at radius 2 is 2.13 bits per heavy atom. The Balaban J connectivity index is 1.44. The van der Waals surface area contributed by atoms with Gasteiger partial charge in [-0.25, -0.2) is 9.78 Å². The summed E-state index contributed by atoms with van der Waals surface area (Å²) in [6, 6.07) is 5.19. The van der Waals surface area contributed by atoms with Gasteiger partial charge < -0.3 is 9.47 Å². The number of H-pyrrole nitrogens is 1. The predicted molar refractivity (Wildman–Crippen MR) is 120 cm³/mol. The van der Waals surface area contributed by atoms with Crippen LogP contribution in [0.1, 0.15) is 47.7 Å². The molecule has 0 unspecified atom stereocenters. The number of benzene rings is 1. The molecule has 1 saturated carbocycles. The van der Waals surface area contributed by atoms with Gasteiger partial charge in [0, 0.05) is 12.7 Å². The summed E-state index contributed by atoms with van der Waals surface area (Å²) in [6.07, 6.45) is 10.9. The third kappa shape index (κ3) is 5.64. The fourth-order valence-electron chi connectivity index (χ4n) is 3.65. The van der Waals surface area contributed by atoms with Crippen LogP contribution in [-0.2, 0) is 18.0 Å². The van der Waals surface area contributed by atoms with E-state index in [0.29, 0.717) is 35.5 Å². The second-order valence-electron chi connectivity index (χ2n) is 7.49. The van der Waals surface area contributed by atoms with Crippen molar-refractivity contribution in [1.82, 2.24) is 15.1 Å². The van der Waals surface area contributed by atoms with Gasteiger partial charge >= 0.3 is 5.76 Å². The molecule has 0 amide bonds. The second-order valence-corrected chi connectivity index (χ2v) is 9.01. The number of nitrogens with one attached hydrogen (secondary N) is 1. The van der Waals surface area contributed by atoms with Crippen molar-refractivity contribution in [3.63, 3.8) is 0 Å². The fraction of sp³-hybridized carbons (Fsp3) is 0.409. The number of aromatic amines is 1. The normalized spacial score (nSPS) is 15.0. The first-order valence-electron chi connectivity index (χ1n) is 10.3.